The Bertz CT molecular complexity index is 427. The second-order valence-corrected chi connectivity index (χ2v) is 2.88. The van der Waals surface area contributed by atoms with Crippen LogP contribution in [0.15, 0.2) is 12.1 Å². The third-order valence-electron chi connectivity index (χ3n) is 1.94. The van der Waals surface area contributed by atoms with Gasteiger partial charge in [-0.3, -0.25) is 10.1 Å². The van der Waals surface area contributed by atoms with Crippen molar-refractivity contribution in [3.8, 4) is 5.75 Å². The molecule has 0 unspecified atom stereocenters. The van der Waals surface area contributed by atoms with Crippen molar-refractivity contribution in [1.82, 2.24) is 0 Å². The van der Waals surface area contributed by atoms with Crippen molar-refractivity contribution in [1.29, 1.82) is 0 Å². The number of carbonyl (C=O) groups is 1. The molecule has 0 bridgehead atoms. The predicted octanol–water partition coefficient (Wildman–Crippen LogP) is 1.40. The summed E-state index contributed by atoms with van der Waals surface area (Å²) in [7, 11) is 1.11. The van der Waals surface area contributed by atoms with Crippen LogP contribution in [0.1, 0.15) is 15.9 Å². The number of benzene rings is 1. The van der Waals surface area contributed by atoms with Gasteiger partial charge < -0.3 is 9.84 Å². The number of hydrogen-bond acceptors (Lipinski definition) is 5. The number of nitro benzene ring substituents is 1. The monoisotopic (exact) mass is 211 g/mol. The van der Waals surface area contributed by atoms with E-state index in [0.717, 1.165) is 7.11 Å². The lowest BCUT2D eigenvalue weighted by molar-refractivity contribution is -0.386. The SMILES string of the molecule is COC(=O)c1ccc(C)c(O)c1[N+](=O)[O-]. The lowest BCUT2D eigenvalue weighted by atomic mass is 10.1. The number of rotatable bonds is 2. The third-order valence-corrected chi connectivity index (χ3v) is 1.94. The zero-order chi connectivity index (χ0) is 11.6. The van der Waals surface area contributed by atoms with Gasteiger partial charge in [0.25, 0.3) is 0 Å². The summed E-state index contributed by atoms with van der Waals surface area (Å²) in [5.41, 5.74) is -0.554. The summed E-state index contributed by atoms with van der Waals surface area (Å²) in [6.45, 7) is 1.50. The van der Waals surface area contributed by atoms with Gasteiger partial charge in [0.2, 0.25) is 0 Å². The molecule has 80 valence electrons. The number of ether oxygens (including phenoxy) is 1. The van der Waals surface area contributed by atoms with E-state index in [1.54, 1.807) is 0 Å². The molecule has 6 heteroatoms. The van der Waals surface area contributed by atoms with Crippen LogP contribution in [0.2, 0.25) is 0 Å². The lowest BCUT2D eigenvalue weighted by Gasteiger charge is -2.04. The molecular formula is C9H9NO5. The van der Waals surface area contributed by atoms with E-state index in [1.807, 2.05) is 0 Å². The van der Waals surface area contributed by atoms with Crippen LogP contribution in [0.3, 0.4) is 0 Å². The van der Waals surface area contributed by atoms with Gasteiger partial charge in [-0.05, 0) is 18.6 Å². The lowest BCUT2D eigenvalue weighted by Crippen LogP contribution is -2.06. The molecule has 0 saturated heterocycles. The molecule has 0 atom stereocenters. The van der Waals surface area contributed by atoms with E-state index in [9.17, 15) is 20.0 Å². The number of hydrogen-bond donors (Lipinski definition) is 1. The molecule has 0 aliphatic carbocycles. The minimum atomic E-state index is -0.850. The zero-order valence-corrected chi connectivity index (χ0v) is 8.18. The highest BCUT2D eigenvalue weighted by atomic mass is 16.6. The summed E-state index contributed by atoms with van der Waals surface area (Å²) in [4.78, 5) is 21.0. The Morgan fingerprint density at radius 2 is 2.13 bits per heavy atom. The Morgan fingerprint density at radius 3 is 2.60 bits per heavy atom. The number of methoxy groups -OCH3 is 1. The zero-order valence-electron chi connectivity index (χ0n) is 8.18. The van der Waals surface area contributed by atoms with Crippen LogP contribution in [0.5, 0.6) is 5.75 Å². The Hall–Kier alpha value is -2.11. The molecule has 0 saturated carbocycles. The summed E-state index contributed by atoms with van der Waals surface area (Å²) in [6, 6.07) is 2.66. The quantitative estimate of drug-likeness (QED) is 0.453. The highest BCUT2D eigenvalue weighted by molar-refractivity contribution is 5.95. The number of phenols is 1. The smallest absolute Gasteiger partial charge is 0.345 e. The van der Waals surface area contributed by atoms with Crippen LogP contribution in [-0.4, -0.2) is 23.1 Å². The molecule has 6 nitrogen and oxygen atoms in total. The first-order chi connectivity index (χ1) is 6.99. The van der Waals surface area contributed by atoms with Gasteiger partial charge in [-0.1, -0.05) is 6.07 Å². The van der Waals surface area contributed by atoms with Crippen molar-refractivity contribution in [2.75, 3.05) is 7.11 Å². The van der Waals surface area contributed by atoms with Gasteiger partial charge in [-0.25, -0.2) is 4.79 Å². The molecule has 0 aromatic heterocycles. The van der Waals surface area contributed by atoms with Crippen LogP contribution in [0.25, 0.3) is 0 Å². The number of aryl methyl sites for hydroxylation is 1. The molecule has 1 N–H and O–H groups in total. The van der Waals surface area contributed by atoms with Gasteiger partial charge >= 0.3 is 11.7 Å². The molecule has 1 aromatic rings. The fourth-order valence-corrected chi connectivity index (χ4v) is 1.14. The second-order valence-electron chi connectivity index (χ2n) is 2.88. The first-order valence-corrected chi connectivity index (χ1v) is 4.04. The molecule has 1 aromatic carbocycles. The fraction of sp³-hybridized carbons (Fsp3) is 0.222. The van der Waals surface area contributed by atoms with Crippen molar-refractivity contribution in [3.05, 3.63) is 33.4 Å². The van der Waals surface area contributed by atoms with Crippen LogP contribution in [0, 0.1) is 17.0 Å². The van der Waals surface area contributed by atoms with Crippen molar-refractivity contribution >= 4 is 11.7 Å². The summed E-state index contributed by atoms with van der Waals surface area (Å²) in [5, 5.41) is 20.1. The van der Waals surface area contributed by atoms with Crippen LogP contribution >= 0.6 is 0 Å². The maximum atomic E-state index is 11.2. The van der Waals surface area contributed by atoms with Gasteiger partial charge in [0, 0.05) is 0 Å². The van der Waals surface area contributed by atoms with Crippen molar-refractivity contribution in [2.45, 2.75) is 6.92 Å². The minimum Gasteiger partial charge on any atom is -0.502 e. The number of phenolic OH excluding ortho intramolecular Hbond substituents is 1. The molecule has 1 rings (SSSR count). The van der Waals surface area contributed by atoms with Gasteiger partial charge in [-0.15, -0.1) is 0 Å². The molecule has 0 fully saturated rings. The van der Waals surface area contributed by atoms with Crippen LogP contribution in [-0.2, 0) is 4.74 Å². The minimum absolute atomic E-state index is 0.259. The summed E-state index contributed by atoms with van der Waals surface area (Å²) >= 11 is 0. The third kappa shape index (κ3) is 1.88. The van der Waals surface area contributed by atoms with Gasteiger partial charge in [0.05, 0.1) is 12.0 Å². The topological polar surface area (TPSA) is 89.7 Å². The first kappa shape index (κ1) is 11.0. The maximum absolute atomic E-state index is 11.2. The number of carbonyl (C=O) groups excluding carboxylic acids is 1. The Kier molecular flexibility index (Phi) is 2.89. The van der Waals surface area contributed by atoms with E-state index < -0.39 is 22.3 Å². The van der Waals surface area contributed by atoms with E-state index in [2.05, 4.69) is 4.74 Å². The molecule has 0 aliphatic heterocycles. The summed E-state index contributed by atoms with van der Waals surface area (Å²) in [6.07, 6.45) is 0. The molecule has 0 aliphatic rings. The highest BCUT2D eigenvalue weighted by Gasteiger charge is 2.26. The average Bonchev–Trinajstić information content (AvgIpc) is 2.20. The Morgan fingerprint density at radius 1 is 1.53 bits per heavy atom. The van der Waals surface area contributed by atoms with Crippen LogP contribution in [0.4, 0.5) is 5.69 Å². The Balaban J connectivity index is 3.46. The summed E-state index contributed by atoms with van der Waals surface area (Å²) < 4.78 is 4.37. The molecule has 15 heavy (non-hydrogen) atoms. The van der Waals surface area contributed by atoms with Gasteiger partial charge in [0.1, 0.15) is 5.56 Å². The highest BCUT2D eigenvalue weighted by Crippen LogP contribution is 2.33. The normalized spacial score (nSPS) is 9.73. The van der Waals surface area contributed by atoms with Gasteiger partial charge in [-0.2, -0.15) is 0 Å². The summed E-state index contributed by atoms with van der Waals surface area (Å²) in [5.74, 6) is -1.36. The molecular weight excluding hydrogens is 202 g/mol. The standard InChI is InChI=1S/C9H9NO5/c1-5-3-4-6(9(12)15-2)7(8(5)11)10(13)14/h3-4,11H,1-2H3. The van der Waals surface area contributed by atoms with Crippen molar-refractivity contribution in [3.63, 3.8) is 0 Å². The van der Waals surface area contributed by atoms with E-state index >= 15 is 0 Å². The largest absolute Gasteiger partial charge is 0.502 e. The predicted molar refractivity (Wildman–Crippen MR) is 50.8 cm³/mol. The number of aromatic hydroxyl groups is 1. The number of esters is 1. The maximum Gasteiger partial charge on any atom is 0.345 e. The van der Waals surface area contributed by atoms with Crippen molar-refractivity contribution in [2.24, 2.45) is 0 Å². The van der Waals surface area contributed by atoms with Gasteiger partial charge in [0.15, 0.2) is 5.75 Å². The first-order valence-electron chi connectivity index (χ1n) is 4.04. The number of nitrogens with zero attached hydrogens (tertiary/aromatic N) is 1. The number of nitro groups is 1. The Labute approximate surface area is 85.2 Å². The fourth-order valence-electron chi connectivity index (χ4n) is 1.14. The van der Waals surface area contributed by atoms with E-state index in [1.165, 1.54) is 19.1 Å². The molecule has 0 amide bonds. The van der Waals surface area contributed by atoms with Crippen molar-refractivity contribution < 1.29 is 19.6 Å². The molecule has 0 heterocycles. The average molecular weight is 211 g/mol. The van der Waals surface area contributed by atoms with E-state index in [4.69, 9.17) is 0 Å². The van der Waals surface area contributed by atoms with E-state index in [-0.39, 0.29) is 5.56 Å². The molecule has 0 radical (unpaired) electrons. The van der Waals surface area contributed by atoms with Crippen LogP contribution < -0.4 is 0 Å². The molecule has 0 spiro atoms. The second kappa shape index (κ2) is 3.95. The van der Waals surface area contributed by atoms with E-state index in [0.29, 0.717) is 5.56 Å².